The van der Waals surface area contributed by atoms with E-state index in [4.69, 9.17) is 15.1 Å². The van der Waals surface area contributed by atoms with Crippen LogP contribution in [0.25, 0.3) is 0 Å². The van der Waals surface area contributed by atoms with Crippen molar-refractivity contribution < 1.29 is 14.6 Å². The van der Waals surface area contributed by atoms with Gasteiger partial charge >= 0.3 is 5.97 Å². The molecule has 4 nitrogen and oxygen atoms in total. The minimum absolute atomic E-state index is 0.0731. The molecule has 0 aromatic heterocycles. The normalized spacial score (nSPS) is 27.4. The molecule has 0 spiro atoms. The lowest BCUT2D eigenvalue weighted by Gasteiger charge is -2.07. The van der Waals surface area contributed by atoms with E-state index in [1.54, 1.807) is 6.08 Å². The van der Waals surface area contributed by atoms with E-state index in [0.29, 0.717) is 0 Å². The summed E-state index contributed by atoms with van der Waals surface area (Å²) in [5.74, 6) is -1.12. The molecule has 2 atom stereocenters. The average molecular weight is 223 g/mol. The van der Waals surface area contributed by atoms with Gasteiger partial charge in [-0.15, -0.1) is 0 Å². The van der Waals surface area contributed by atoms with Crippen molar-refractivity contribution >= 4 is 5.97 Å². The molecule has 0 radical (unpaired) electrons. The second-order valence-corrected chi connectivity index (χ2v) is 4.97. The molecule has 0 amide bonds. The lowest BCUT2D eigenvalue weighted by molar-refractivity contribution is -0.139. The third-order valence-corrected chi connectivity index (χ3v) is 2.98. The van der Waals surface area contributed by atoms with Gasteiger partial charge in [-0.25, -0.2) is 0 Å². The van der Waals surface area contributed by atoms with Crippen LogP contribution in [-0.2, 0) is 9.53 Å². The van der Waals surface area contributed by atoms with E-state index in [9.17, 15) is 4.79 Å². The summed E-state index contributed by atoms with van der Waals surface area (Å²) in [4.78, 5) is 10.9. The monoisotopic (exact) mass is 223 g/mol. The van der Waals surface area contributed by atoms with Gasteiger partial charge in [0.25, 0.3) is 0 Å². The number of rotatable bonds is 4. The van der Waals surface area contributed by atoms with Crippen molar-refractivity contribution in [2.45, 2.75) is 33.8 Å². The molecule has 0 aromatic carbocycles. The Morgan fingerprint density at radius 2 is 2.12 bits per heavy atom. The summed E-state index contributed by atoms with van der Waals surface area (Å²) in [7, 11) is 0. The Balaban J connectivity index is 2.78. The van der Waals surface area contributed by atoms with Crippen LogP contribution >= 0.6 is 0 Å². The van der Waals surface area contributed by atoms with Gasteiger partial charge in [0.15, 0.2) is 5.76 Å². The number of ether oxygens (including phenoxy) is 1. The molecule has 1 aliphatic carbocycles. The molecule has 88 valence electrons. The number of nitrogens with zero attached hydrogens (tertiary/aromatic N) is 1. The quantitative estimate of drug-likeness (QED) is 0.585. The molecule has 1 aliphatic rings. The molecule has 4 heteroatoms. The van der Waals surface area contributed by atoms with Gasteiger partial charge in [0.2, 0.25) is 0 Å². The van der Waals surface area contributed by atoms with Crippen molar-refractivity contribution in [1.82, 2.24) is 0 Å². The summed E-state index contributed by atoms with van der Waals surface area (Å²) in [6, 6.07) is 1.95. The van der Waals surface area contributed by atoms with Gasteiger partial charge in [0.05, 0.1) is 12.0 Å². The maximum absolute atomic E-state index is 10.9. The Bertz CT molecular complexity index is 363. The summed E-state index contributed by atoms with van der Waals surface area (Å²) in [6.45, 7) is 7.43. The third kappa shape index (κ3) is 2.35. The largest absolute Gasteiger partial charge is 0.481 e. The van der Waals surface area contributed by atoms with Gasteiger partial charge in [-0.3, -0.25) is 4.79 Å². The van der Waals surface area contributed by atoms with Gasteiger partial charge in [-0.05, 0) is 25.3 Å². The number of hydrogen-bond acceptors (Lipinski definition) is 3. The molecule has 0 aromatic rings. The van der Waals surface area contributed by atoms with Crippen LogP contribution in [-0.4, -0.2) is 17.2 Å². The fourth-order valence-electron chi connectivity index (χ4n) is 1.98. The second-order valence-electron chi connectivity index (χ2n) is 4.97. The highest BCUT2D eigenvalue weighted by molar-refractivity contribution is 5.76. The highest BCUT2D eigenvalue weighted by Gasteiger charge is 2.61. The summed E-state index contributed by atoms with van der Waals surface area (Å²) >= 11 is 0. The zero-order valence-electron chi connectivity index (χ0n) is 10.0. The van der Waals surface area contributed by atoms with Gasteiger partial charge in [0, 0.05) is 5.92 Å². The van der Waals surface area contributed by atoms with E-state index in [1.807, 2.05) is 33.8 Å². The van der Waals surface area contributed by atoms with Gasteiger partial charge in [-0.2, -0.15) is 5.26 Å². The van der Waals surface area contributed by atoms with E-state index in [2.05, 4.69) is 0 Å². The molecule has 0 aliphatic heterocycles. The van der Waals surface area contributed by atoms with Crippen molar-refractivity contribution in [3.05, 3.63) is 11.8 Å². The van der Waals surface area contributed by atoms with Crippen molar-refractivity contribution in [3.63, 3.8) is 0 Å². The minimum Gasteiger partial charge on any atom is -0.481 e. The van der Waals surface area contributed by atoms with Gasteiger partial charge < -0.3 is 9.84 Å². The molecular formula is C12H17NO3. The van der Waals surface area contributed by atoms with E-state index in [0.717, 1.165) is 0 Å². The number of allylic oxidation sites excluding steroid dienone is 2. The zero-order chi connectivity index (χ0) is 12.5. The van der Waals surface area contributed by atoms with E-state index in [-0.39, 0.29) is 23.2 Å². The first-order valence-electron chi connectivity index (χ1n) is 5.32. The molecule has 0 unspecified atom stereocenters. The Hall–Kier alpha value is -1.50. The topological polar surface area (TPSA) is 70.3 Å². The molecule has 0 saturated heterocycles. The minimum atomic E-state index is -0.812. The van der Waals surface area contributed by atoms with E-state index in [1.165, 1.54) is 0 Å². The van der Waals surface area contributed by atoms with Crippen molar-refractivity contribution in [2.75, 3.05) is 0 Å². The Morgan fingerprint density at radius 1 is 1.56 bits per heavy atom. The summed E-state index contributed by atoms with van der Waals surface area (Å²) in [5, 5.41) is 17.8. The fraction of sp³-hybridized carbons (Fsp3) is 0.667. The van der Waals surface area contributed by atoms with E-state index >= 15 is 0 Å². The molecular weight excluding hydrogens is 206 g/mol. The SMILES string of the molecule is CC(C)O/C(C#N)=C/[C@@H]1[C@@H](C(=O)O)C1(C)C. The molecule has 0 bridgehead atoms. The molecule has 0 heterocycles. The third-order valence-electron chi connectivity index (χ3n) is 2.98. The number of carboxylic acids is 1. The molecule has 1 saturated carbocycles. The Labute approximate surface area is 95.5 Å². The van der Waals surface area contributed by atoms with Crippen LogP contribution in [0, 0.1) is 28.6 Å². The predicted octanol–water partition coefficient (Wildman–Crippen LogP) is 2.18. The smallest absolute Gasteiger partial charge is 0.307 e. The Morgan fingerprint density at radius 3 is 2.44 bits per heavy atom. The predicted molar refractivity (Wildman–Crippen MR) is 58.3 cm³/mol. The molecule has 16 heavy (non-hydrogen) atoms. The van der Waals surface area contributed by atoms with Crippen molar-refractivity contribution in [3.8, 4) is 6.07 Å². The van der Waals surface area contributed by atoms with Crippen LogP contribution in [0.4, 0.5) is 0 Å². The Kier molecular flexibility index (Phi) is 3.27. The number of carbonyl (C=O) groups is 1. The van der Waals surface area contributed by atoms with Gasteiger partial charge in [0.1, 0.15) is 6.07 Å². The van der Waals surface area contributed by atoms with Gasteiger partial charge in [-0.1, -0.05) is 13.8 Å². The van der Waals surface area contributed by atoms with E-state index < -0.39 is 11.9 Å². The summed E-state index contributed by atoms with van der Waals surface area (Å²) in [5.41, 5.74) is -0.283. The average Bonchev–Trinajstić information content (AvgIpc) is 2.66. The first-order chi connectivity index (χ1) is 7.30. The van der Waals surface area contributed by atoms with Crippen LogP contribution < -0.4 is 0 Å². The van der Waals surface area contributed by atoms with Crippen LogP contribution in [0.1, 0.15) is 27.7 Å². The lowest BCUT2D eigenvalue weighted by Crippen LogP contribution is -2.03. The first-order valence-corrected chi connectivity index (χ1v) is 5.32. The number of aliphatic carboxylic acids is 1. The molecule has 1 fully saturated rings. The highest BCUT2D eigenvalue weighted by Crippen LogP contribution is 2.59. The fourth-order valence-corrected chi connectivity index (χ4v) is 1.98. The van der Waals surface area contributed by atoms with Crippen LogP contribution in [0.3, 0.4) is 0 Å². The van der Waals surface area contributed by atoms with Crippen molar-refractivity contribution in [1.29, 1.82) is 5.26 Å². The number of hydrogen-bond donors (Lipinski definition) is 1. The zero-order valence-corrected chi connectivity index (χ0v) is 10.0. The van der Waals surface area contributed by atoms with Crippen molar-refractivity contribution in [2.24, 2.45) is 17.3 Å². The summed E-state index contributed by atoms with van der Waals surface area (Å²) in [6.07, 6.45) is 1.56. The number of nitriles is 1. The first kappa shape index (κ1) is 12.6. The molecule has 1 rings (SSSR count). The maximum Gasteiger partial charge on any atom is 0.307 e. The number of carboxylic acid groups (broad SMARTS) is 1. The molecule has 1 N–H and O–H groups in total. The van der Waals surface area contributed by atoms with Crippen LogP contribution in [0.15, 0.2) is 11.8 Å². The van der Waals surface area contributed by atoms with Crippen LogP contribution in [0.5, 0.6) is 0 Å². The standard InChI is InChI=1S/C12H17NO3/c1-7(2)16-8(6-13)5-9-10(11(14)15)12(9,3)4/h5,7,9-10H,1-4H3,(H,14,15)/b8-5+/t9-,10+/m1/s1. The maximum atomic E-state index is 10.9. The van der Waals surface area contributed by atoms with Crippen LogP contribution in [0.2, 0.25) is 0 Å². The second kappa shape index (κ2) is 4.17. The lowest BCUT2D eigenvalue weighted by atomic mass is 10.1. The summed E-state index contributed by atoms with van der Waals surface area (Å²) < 4.78 is 5.28. The highest BCUT2D eigenvalue weighted by atomic mass is 16.5.